The maximum atomic E-state index is 11.8. The molecular formula is C12H10ClNO5. The number of ether oxygens (including phenoxy) is 1. The van der Waals surface area contributed by atoms with Crippen LogP contribution >= 0.6 is 11.6 Å². The number of hydroxylamine groups is 2. The molecular weight excluding hydrogens is 274 g/mol. The smallest absolute Gasteiger partial charge is 0.363 e. The molecule has 7 heteroatoms. The summed E-state index contributed by atoms with van der Waals surface area (Å²) in [6, 6.07) is 4.26. The van der Waals surface area contributed by atoms with Gasteiger partial charge < -0.3 is 9.57 Å². The lowest BCUT2D eigenvalue weighted by atomic mass is 10.2. The molecule has 0 atom stereocenters. The zero-order chi connectivity index (χ0) is 14.0. The van der Waals surface area contributed by atoms with Gasteiger partial charge in [0.1, 0.15) is 5.75 Å². The number of methoxy groups -OCH3 is 1. The molecule has 0 aromatic heterocycles. The fourth-order valence-electron chi connectivity index (χ4n) is 1.59. The zero-order valence-corrected chi connectivity index (χ0v) is 10.8. The van der Waals surface area contributed by atoms with Gasteiger partial charge in [-0.15, -0.1) is 5.06 Å². The van der Waals surface area contributed by atoms with Crippen molar-refractivity contribution in [1.29, 1.82) is 0 Å². The van der Waals surface area contributed by atoms with E-state index in [4.69, 9.17) is 21.2 Å². The van der Waals surface area contributed by atoms with Crippen molar-refractivity contribution in [2.75, 3.05) is 7.11 Å². The predicted molar refractivity (Wildman–Crippen MR) is 64.5 cm³/mol. The Kier molecular flexibility index (Phi) is 3.71. The van der Waals surface area contributed by atoms with Gasteiger partial charge in [-0.25, -0.2) is 4.79 Å². The minimum atomic E-state index is -0.826. The third-order valence-corrected chi connectivity index (χ3v) is 2.86. The highest BCUT2D eigenvalue weighted by atomic mass is 35.5. The van der Waals surface area contributed by atoms with Gasteiger partial charge in [0.25, 0.3) is 11.8 Å². The lowest BCUT2D eigenvalue weighted by Gasteiger charge is -2.12. The highest BCUT2D eigenvalue weighted by Crippen LogP contribution is 2.25. The number of carbonyl (C=O) groups is 3. The maximum Gasteiger partial charge on any atom is 0.363 e. The fourth-order valence-corrected chi connectivity index (χ4v) is 1.84. The molecule has 2 amide bonds. The van der Waals surface area contributed by atoms with Crippen LogP contribution in [0.1, 0.15) is 23.2 Å². The molecule has 1 aromatic rings. The Labute approximate surface area is 113 Å². The van der Waals surface area contributed by atoms with Crippen LogP contribution in [-0.4, -0.2) is 30.0 Å². The van der Waals surface area contributed by atoms with Crippen LogP contribution in [0.4, 0.5) is 0 Å². The van der Waals surface area contributed by atoms with Crippen molar-refractivity contribution in [2.24, 2.45) is 0 Å². The molecule has 100 valence electrons. The normalized spacial score (nSPS) is 14.7. The van der Waals surface area contributed by atoms with Crippen LogP contribution in [-0.2, 0) is 14.4 Å². The molecule has 6 nitrogen and oxygen atoms in total. The van der Waals surface area contributed by atoms with Gasteiger partial charge in [-0.05, 0) is 18.2 Å². The molecule has 1 fully saturated rings. The van der Waals surface area contributed by atoms with Crippen molar-refractivity contribution >= 4 is 29.4 Å². The van der Waals surface area contributed by atoms with E-state index < -0.39 is 17.8 Å². The van der Waals surface area contributed by atoms with Crippen LogP contribution in [0.25, 0.3) is 0 Å². The molecule has 0 radical (unpaired) electrons. The Bertz CT molecular complexity index is 541. The SMILES string of the molecule is COc1ccc(C(=O)ON2C(=O)CCC2=O)cc1Cl. The molecule has 1 aromatic carbocycles. The van der Waals surface area contributed by atoms with Gasteiger partial charge in [-0.3, -0.25) is 9.59 Å². The number of nitrogens with zero attached hydrogens (tertiary/aromatic N) is 1. The van der Waals surface area contributed by atoms with Crippen LogP contribution in [0, 0.1) is 0 Å². The van der Waals surface area contributed by atoms with E-state index in [2.05, 4.69) is 0 Å². The van der Waals surface area contributed by atoms with E-state index in [1.807, 2.05) is 0 Å². The second-order valence-electron chi connectivity index (χ2n) is 3.81. The minimum absolute atomic E-state index is 0.0511. The molecule has 1 aliphatic rings. The topological polar surface area (TPSA) is 72.9 Å². The Hall–Kier alpha value is -2.08. The molecule has 0 unspecified atom stereocenters. The van der Waals surface area contributed by atoms with Crippen molar-refractivity contribution in [3.8, 4) is 5.75 Å². The number of benzene rings is 1. The standard InChI is InChI=1S/C12H10ClNO5/c1-18-9-3-2-7(6-8(9)13)12(17)19-14-10(15)4-5-11(14)16/h2-3,6H,4-5H2,1H3. The van der Waals surface area contributed by atoms with Gasteiger partial charge >= 0.3 is 5.97 Å². The summed E-state index contributed by atoms with van der Waals surface area (Å²) in [6.07, 6.45) is 0.102. The van der Waals surface area contributed by atoms with E-state index >= 15 is 0 Å². The van der Waals surface area contributed by atoms with E-state index in [1.54, 1.807) is 0 Å². The monoisotopic (exact) mass is 283 g/mol. The highest BCUT2D eigenvalue weighted by Gasteiger charge is 2.33. The zero-order valence-electron chi connectivity index (χ0n) is 10.0. The molecule has 1 aliphatic heterocycles. The third kappa shape index (κ3) is 2.68. The van der Waals surface area contributed by atoms with Gasteiger partial charge in [-0.2, -0.15) is 0 Å². The van der Waals surface area contributed by atoms with Crippen LogP contribution in [0.5, 0.6) is 5.75 Å². The lowest BCUT2D eigenvalue weighted by molar-refractivity contribution is -0.172. The summed E-state index contributed by atoms with van der Waals surface area (Å²) in [4.78, 5) is 39.1. The van der Waals surface area contributed by atoms with Crippen molar-refractivity contribution in [2.45, 2.75) is 12.8 Å². The van der Waals surface area contributed by atoms with Crippen molar-refractivity contribution < 1.29 is 24.0 Å². The first-order valence-corrected chi connectivity index (χ1v) is 5.82. The van der Waals surface area contributed by atoms with Gasteiger partial charge in [-0.1, -0.05) is 11.6 Å². The summed E-state index contributed by atoms with van der Waals surface area (Å²) in [5.41, 5.74) is 0.123. The summed E-state index contributed by atoms with van der Waals surface area (Å²) >= 11 is 5.87. The molecule has 2 rings (SSSR count). The summed E-state index contributed by atoms with van der Waals surface area (Å²) in [5.74, 6) is -1.48. The number of carbonyl (C=O) groups excluding carboxylic acids is 3. The third-order valence-electron chi connectivity index (χ3n) is 2.57. The van der Waals surface area contributed by atoms with Gasteiger partial charge in [0.2, 0.25) is 0 Å². The Morgan fingerprint density at radius 3 is 2.42 bits per heavy atom. The van der Waals surface area contributed by atoms with Gasteiger partial charge in [0, 0.05) is 12.8 Å². The Balaban J connectivity index is 2.14. The first-order chi connectivity index (χ1) is 9.02. The Morgan fingerprint density at radius 1 is 1.26 bits per heavy atom. The summed E-state index contributed by atoms with van der Waals surface area (Å²) in [7, 11) is 1.45. The van der Waals surface area contributed by atoms with E-state index in [0.29, 0.717) is 10.8 Å². The molecule has 0 bridgehead atoms. The summed E-state index contributed by atoms with van der Waals surface area (Å²) < 4.78 is 4.94. The average Bonchev–Trinajstić information content (AvgIpc) is 2.70. The second kappa shape index (κ2) is 5.27. The summed E-state index contributed by atoms with van der Waals surface area (Å²) in [5, 5.41) is 0.719. The van der Waals surface area contributed by atoms with Crippen LogP contribution in [0.15, 0.2) is 18.2 Å². The van der Waals surface area contributed by atoms with E-state index in [0.717, 1.165) is 0 Å². The van der Waals surface area contributed by atoms with Gasteiger partial charge in [0.15, 0.2) is 0 Å². The maximum absolute atomic E-state index is 11.8. The van der Waals surface area contributed by atoms with Gasteiger partial charge in [0.05, 0.1) is 17.7 Å². The molecule has 0 saturated carbocycles. The van der Waals surface area contributed by atoms with Crippen molar-refractivity contribution in [3.05, 3.63) is 28.8 Å². The highest BCUT2D eigenvalue weighted by molar-refractivity contribution is 6.32. The number of hydrogen-bond acceptors (Lipinski definition) is 5. The number of hydrogen-bond donors (Lipinski definition) is 0. The lowest BCUT2D eigenvalue weighted by Crippen LogP contribution is -2.32. The van der Waals surface area contributed by atoms with Crippen LogP contribution in [0.3, 0.4) is 0 Å². The number of imide groups is 1. The number of halogens is 1. The molecule has 0 spiro atoms. The first-order valence-electron chi connectivity index (χ1n) is 5.44. The van der Waals surface area contributed by atoms with E-state index in [1.165, 1.54) is 25.3 Å². The average molecular weight is 284 g/mol. The molecule has 1 saturated heterocycles. The quantitative estimate of drug-likeness (QED) is 0.787. The number of amides is 2. The molecule has 0 N–H and O–H groups in total. The molecule has 0 aliphatic carbocycles. The van der Waals surface area contributed by atoms with Crippen LogP contribution in [0.2, 0.25) is 5.02 Å². The van der Waals surface area contributed by atoms with Crippen molar-refractivity contribution in [1.82, 2.24) is 5.06 Å². The fraction of sp³-hybridized carbons (Fsp3) is 0.250. The minimum Gasteiger partial charge on any atom is -0.495 e. The van der Waals surface area contributed by atoms with E-state index in [-0.39, 0.29) is 23.4 Å². The Morgan fingerprint density at radius 2 is 1.89 bits per heavy atom. The second-order valence-corrected chi connectivity index (χ2v) is 4.22. The van der Waals surface area contributed by atoms with Crippen molar-refractivity contribution in [3.63, 3.8) is 0 Å². The largest absolute Gasteiger partial charge is 0.495 e. The summed E-state index contributed by atoms with van der Waals surface area (Å²) in [6.45, 7) is 0. The predicted octanol–water partition coefficient (Wildman–Crippen LogP) is 1.57. The van der Waals surface area contributed by atoms with E-state index in [9.17, 15) is 14.4 Å². The molecule has 1 heterocycles. The van der Waals surface area contributed by atoms with Crippen LogP contribution < -0.4 is 4.74 Å². The number of rotatable bonds is 3. The molecule has 19 heavy (non-hydrogen) atoms. The first kappa shape index (κ1) is 13.4.